The third-order valence-electron chi connectivity index (χ3n) is 4.33. The number of fused-ring (bicyclic) bond motifs is 1. The minimum atomic E-state index is -0.867. The number of benzene rings is 2. The van der Waals surface area contributed by atoms with E-state index in [0.717, 1.165) is 15.8 Å². The van der Waals surface area contributed by atoms with Gasteiger partial charge >= 0.3 is 12.1 Å². The molecule has 3 rings (SSSR count). The van der Waals surface area contributed by atoms with Crippen LogP contribution in [0.2, 0.25) is 0 Å². The van der Waals surface area contributed by atoms with Crippen molar-refractivity contribution in [1.29, 1.82) is 5.26 Å². The molecule has 0 saturated carbocycles. The van der Waals surface area contributed by atoms with Gasteiger partial charge in [0.15, 0.2) is 0 Å². The maximum atomic E-state index is 12.9. The van der Waals surface area contributed by atoms with Crippen LogP contribution < -0.4 is 9.64 Å². The number of hydrogen-bond donors (Lipinski definition) is 2. The number of aliphatic carboxylic acids is 1. The number of carbonyl (C=O) groups is 2. The lowest BCUT2D eigenvalue weighted by Gasteiger charge is -2.22. The minimum absolute atomic E-state index is 0.0418. The van der Waals surface area contributed by atoms with E-state index in [9.17, 15) is 9.59 Å². The Morgan fingerprint density at radius 1 is 1.20 bits per heavy atom. The molecule has 7 nitrogen and oxygen atoms in total. The van der Waals surface area contributed by atoms with Gasteiger partial charge in [0.2, 0.25) is 0 Å². The van der Waals surface area contributed by atoms with Crippen LogP contribution in [-0.4, -0.2) is 28.7 Å². The normalized spacial score (nSPS) is 10.5. The first-order valence-corrected chi connectivity index (χ1v) is 10.5. The van der Waals surface area contributed by atoms with Gasteiger partial charge in [-0.3, -0.25) is 9.69 Å². The third-order valence-corrected chi connectivity index (χ3v) is 5.52. The monoisotopic (exact) mass is 441 g/mol. The lowest BCUT2D eigenvalue weighted by Crippen LogP contribution is -2.34. The molecule has 30 heavy (non-hydrogen) atoms. The molecule has 1 heterocycles. The standard InChI is InChI=1S/C21H19N3O4S2/c22-11-10-14-4-7-16(8-5-14)28-21(27)24(12-2-1-3-19(25)26)15-6-9-17-18(13-15)30-20(29)23-17/h4-9,13H,1-3,10,12H2,(H,23,29)(H,25,26). The Balaban J connectivity index is 1.78. The number of ether oxygens (including phenoxy) is 1. The minimum Gasteiger partial charge on any atom is -0.481 e. The summed E-state index contributed by atoms with van der Waals surface area (Å²) in [6.45, 7) is 0.316. The molecular weight excluding hydrogens is 422 g/mol. The van der Waals surface area contributed by atoms with E-state index < -0.39 is 12.1 Å². The van der Waals surface area contributed by atoms with Gasteiger partial charge < -0.3 is 9.84 Å². The van der Waals surface area contributed by atoms with Crippen molar-refractivity contribution in [2.45, 2.75) is 30.0 Å². The fourth-order valence-electron chi connectivity index (χ4n) is 2.86. The van der Waals surface area contributed by atoms with Crippen molar-refractivity contribution in [1.82, 2.24) is 4.98 Å². The Kier molecular flexibility index (Phi) is 7.27. The number of carbonyl (C=O) groups excluding carboxylic acids is 1. The average molecular weight is 442 g/mol. The second-order valence-corrected chi connectivity index (χ2v) is 8.25. The Morgan fingerprint density at radius 2 is 1.97 bits per heavy atom. The summed E-state index contributed by atoms with van der Waals surface area (Å²) in [5, 5.41) is 17.6. The number of thiazole rings is 1. The van der Waals surface area contributed by atoms with E-state index in [2.05, 4.69) is 23.7 Å². The molecule has 0 unspecified atom stereocenters. The highest BCUT2D eigenvalue weighted by molar-refractivity contribution is 7.82. The van der Waals surface area contributed by atoms with E-state index in [1.807, 2.05) is 12.1 Å². The van der Waals surface area contributed by atoms with Gasteiger partial charge in [-0.2, -0.15) is 5.26 Å². The number of rotatable bonds is 8. The molecule has 0 fully saturated rings. The maximum Gasteiger partial charge on any atom is 0.419 e. The van der Waals surface area contributed by atoms with Crippen LogP contribution in [0.1, 0.15) is 24.8 Å². The molecule has 2 aromatic carbocycles. The molecule has 9 heteroatoms. The molecule has 154 valence electrons. The number of nitrogens with zero attached hydrogens (tertiary/aromatic N) is 3. The molecule has 0 aliphatic carbocycles. The molecule has 1 aromatic heterocycles. The number of aromatic nitrogens is 1. The Bertz CT molecular complexity index is 1090. The van der Waals surface area contributed by atoms with Crippen LogP contribution in [-0.2, 0) is 11.2 Å². The molecule has 1 amide bonds. The van der Waals surface area contributed by atoms with E-state index in [1.54, 1.807) is 30.3 Å². The fraction of sp³-hybridized carbons (Fsp3) is 0.238. The number of amides is 1. The summed E-state index contributed by atoms with van der Waals surface area (Å²) in [5.41, 5.74) is 2.27. The van der Waals surface area contributed by atoms with Crippen LogP contribution in [0, 0.1) is 11.3 Å². The van der Waals surface area contributed by atoms with Gasteiger partial charge in [-0.25, -0.2) is 9.78 Å². The largest absolute Gasteiger partial charge is 0.481 e. The summed E-state index contributed by atoms with van der Waals surface area (Å²) in [4.78, 5) is 29.5. The van der Waals surface area contributed by atoms with Gasteiger partial charge in [-0.1, -0.05) is 12.1 Å². The zero-order valence-corrected chi connectivity index (χ0v) is 17.7. The topological polar surface area (TPSA) is 104 Å². The molecule has 0 atom stereocenters. The van der Waals surface area contributed by atoms with Crippen molar-refractivity contribution >= 4 is 51.9 Å². The number of unbranched alkanes of at least 4 members (excludes halogenated alkanes) is 1. The molecule has 0 aliphatic rings. The lowest BCUT2D eigenvalue weighted by atomic mass is 10.2. The molecule has 0 saturated heterocycles. The molecule has 0 bridgehead atoms. The lowest BCUT2D eigenvalue weighted by molar-refractivity contribution is -0.137. The highest BCUT2D eigenvalue weighted by Crippen LogP contribution is 2.29. The van der Waals surface area contributed by atoms with Crippen LogP contribution in [0.4, 0.5) is 10.5 Å². The first kappa shape index (κ1) is 21.6. The van der Waals surface area contributed by atoms with E-state index in [4.69, 9.17) is 15.1 Å². The van der Waals surface area contributed by atoms with Crippen LogP contribution in [0.25, 0.3) is 10.2 Å². The number of carboxylic acid groups (broad SMARTS) is 1. The quantitative estimate of drug-likeness (QED) is 0.380. The van der Waals surface area contributed by atoms with E-state index in [0.29, 0.717) is 35.2 Å². The summed E-state index contributed by atoms with van der Waals surface area (Å²) in [6.07, 6.45) is 0.729. The first-order chi connectivity index (χ1) is 14.5. The Morgan fingerprint density at radius 3 is 2.67 bits per heavy atom. The summed E-state index contributed by atoms with van der Waals surface area (Å²) >= 11 is 5.68. The van der Waals surface area contributed by atoms with Crippen molar-refractivity contribution in [3.05, 3.63) is 48.0 Å². The third kappa shape index (κ3) is 5.72. The summed E-state index contributed by atoms with van der Waals surface area (Å²) in [6, 6.07) is 14.3. The van der Waals surface area contributed by atoms with Crippen molar-refractivity contribution in [3.8, 4) is 11.8 Å². The first-order valence-electron chi connectivity index (χ1n) is 9.23. The number of thiol groups is 1. The maximum absolute atomic E-state index is 12.9. The molecule has 0 spiro atoms. The molecule has 1 N–H and O–H groups in total. The van der Waals surface area contributed by atoms with Crippen LogP contribution >= 0.6 is 24.0 Å². The van der Waals surface area contributed by atoms with Gasteiger partial charge in [-0.15, -0.1) is 24.0 Å². The zero-order chi connectivity index (χ0) is 21.5. The van der Waals surface area contributed by atoms with Crippen LogP contribution in [0.5, 0.6) is 5.75 Å². The van der Waals surface area contributed by atoms with Gasteiger partial charge in [-0.05, 0) is 48.7 Å². The number of nitriles is 1. The second kappa shape index (κ2) is 10.1. The number of carboxylic acids is 1. The fourth-order valence-corrected chi connectivity index (χ4v) is 4.00. The second-order valence-electron chi connectivity index (χ2n) is 6.50. The van der Waals surface area contributed by atoms with Crippen molar-refractivity contribution in [3.63, 3.8) is 0 Å². The summed E-state index contributed by atoms with van der Waals surface area (Å²) < 4.78 is 7.04. The molecule has 0 radical (unpaired) electrons. The molecule has 3 aromatic rings. The van der Waals surface area contributed by atoms with Crippen LogP contribution in [0.3, 0.4) is 0 Å². The van der Waals surface area contributed by atoms with Gasteiger partial charge in [0.25, 0.3) is 0 Å². The number of hydrogen-bond acceptors (Lipinski definition) is 7. The van der Waals surface area contributed by atoms with Gasteiger partial charge in [0, 0.05) is 18.7 Å². The average Bonchev–Trinajstić information content (AvgIpc) is 3.08. The Labute approximate surface area is 182 Å². The molecular formula is C21H19N3O4S2. The van der Waals surface area contributed by atoms with E-state index in [1.165, 1.54) is 16.2 Å². The van der Waals surface area contributed by atoms with E-state index >= 15 is 0 Å². The summed E-state index contributed by atoms with van der Waals surface area (Å²) in [5.74, 6) is -0.497. The zero-order valence-electron chi connectivity index (χ0n) is 15.9. The summed E-state index contributed by atoms with van der Waals surface area (Å²) in [7, 11) is 0. The highest BCUT2D eigenvalue weighted by atomic mass is 32.2. The van der Waals surface area contributed by atoms with Gasteiger partial charge in [0.05, 0.1) is 22.7 Å². The van der Waals surface area contributed by atoms with Crippen molar-refractivity contribution in [2.24, 2.45) is 0 Å². The smallest absolute Gasteiger partial charge is 0.419 e. The predicted octanol–water partition coefficient (Wildman–Crippen LogP) is 4.91. The number of anilines is 1. The van der Waals surface area contributed by atoms with Crippen LogP contribution in [0.15, 0.2) is 46.8 Å². The SMILES string of the molecule is N#CCc1ccc(OC(=O)N(CCCCC(=O)O)c2ccc3nc(S)sc3c2)cc1. The van der Waals surface area contributed by atoms with E-state index in [-0.39, 0.29) is 12.8 Å². The predicted molar refractivity (Wildman–Crippen MR) is 117 cm³/mol. The molecule has 0 aliphatic heterocycles. The van der Waals surface area contributed by atoms with Crippen molar-refractivity contribution < 1.29 is 19.4 Å². The highest BCUT2D eigenvalue weighted by Gasteiger charge is 2.19. The Hall–Kier alpha value is -3.09. The van der Waals surface area contributed by atoms with Gasteiger partial charge in [0.1, 0.15) is 10.1 Å². The van der Waals surface area contributed by atoms with Crippen molar-refractivity contribution in [2.75, 3.05) is 11.4 Å².